The smallest absolute Gasteiger partial charge is 0.0970 e. The summed E-state index contributed by atoms with van der Waals surface area (Å²) >= 11 is 1.89. The van der Waals surface area contributed by atoms with Crippen molar-refractivity contribution in [1.82, 2.24) is 9.88 Å². The van der Waals surface area contributed by atoms with Crippen LogP contribution in [0.25, 0.3) is 10.2 Å². The van der Waals surface area contributed by atoms with Crippen molar-refractivity contribution in [2.24, 2.45) is 0 Å². The lowest BCUT2D eigenvalue weighted by Gasteiger charge is -2.27. The van der Waals surface area contributed by atoms with Gasteiger partial charge in [-0.25, -0.2) is 4.98 Å². The van der Waals surface area contributed by atoms with Crippen LogP contribution in [0, 0.1) is 6.92 Å². The minimum Gasteiger partial charge on any atom is -0.306 e. The summed E-state index contributed by atoms with van der Waals surface area (Å²) in [6, 6.07) is 6.56. The second-order valence-electron chi connectivity index (χ2n) is 5.10. The van der Waals surface area contributed by atoms with Gasteiger partial charge in [0.1, 0.15) is 0 Å². The van der Waals surface area contributed by atoms with E-state index in [9.17, 15) is 0 Å². The predicted octanol–water partition coefficient (Wildman–Crippen LogP) is 3.41. The summed E-state index contributed by atoms with van der Waals surface area (Å²) in [6.07, 6.45) is 2.52. The van der Waals surface area contributed by atoms with E-state index in [0.29, 0.717) is 5.92 Å². The molecule has 2 aromatic rings. The average molecular weight is 246 g/mol. The molecule has 0 radical (unpaired) electrons. The fourth-order valence-electron chi connectivity index (χ4n) is 2.48. The normalized spacial score (nSPS) is 18.9. The molecule has 0 saturated carbocycles. The number of fused-ring (bicyclic) bond motifs is 1. The Labute approximate surface area is 106 Å². The fraction of sp³-hybridized carbons (Fsp3) is 0.500. The Morgan fingerprint density at radius 2 is 2.06 bits per heavy atom. The van der Waals surface area contributed by atoms with Crippen molar-refractivity contribution < 1.29 is 0 Å². The van der Waals surface area contributed by atoms with Gasteiger partial charge >= 0.3 is 0 Å². The third-order valence-electron chi connectivity index (χ3n) is 3.63. The van der Waals surface area contributed by atoms with Crippen molar-refractivity contribution in [2.45, 2.75) is 25.7 Å². The van der Waals surface area contributed by atoms with Gasteiger partial charge in [-0.2, -0.15) is 0 Å². The van der Waals surface area contributed by atoms with E-state index < -0.39 is 0 Å². The summed E-state index contributed by atoms with van der Waals surface area (Å²) in [7, 11) is 2.21. The second kappa shape index (κ2) is 4.39. The number of hydrogen-bond donors (Lipinski definition) is 0. The van der Waals surface area contributed by atoms with E-state index in [4.69, 9.17) is 4.98 Å². The van der Waals surface area contributed by atoms with Gasteiger partial charge in [-0.05, 0) is 57.6 Å². The molecule has 17 heavy (non-hydrogen) atoms. The van der Waals surface area contributed by atoms with Crippen LogP contribution >= 0.6 is 11.3 Å². The largest absolute Gasteiger partial charge is 0.306 e. The fourth-order valence-corrected chi connectivity index (χ4v) is 3.71. The Kier molecular flexibility index (Phi) is 2.89. The first-order chi connectivity index (χ1) is 8.22. The standard InChI is InChI=1S/C14H18N2S/c1-10-3-4-12-13(9-10)17-14(15-12)11-5-7-16(2)8-6-11/h3-4,9,11H,5-8H2,1-2H3. The zero-order valence-electron chi connectivity index (χ0n) is 10.4. The molecule has 1 aliphatic rings. The van der Waals surface area contributed by atoms with Crippen LogP contribution < -0.4 is 0 Å². The molecule has 3 rings (SSSR count). The highest BCUT2D eigenvalue weighted by Crippen LogP contribution is 2.33. The van der Waals surface area contributed by atoms with Crippen molar-refractivity contribution in [3.63, 3.8) is 0 Å². The molecule has 90 valence electrons. The van der Waals surface area contributed by atoms with Crippen molar-refractivity contribution in [3.8, 4) is 0 Å². The highest BCUT2D eigenvalue weighted by molar-refractivity contribution is 7.18. The zero-order valence-corrected chi connectivity index (χ0v) is 11.3. The molecule has 0 atom stereocenters. The van der Waals surface area contributed by atoms with E-state index >= 15 is 0 Å². The van der Waals surface area contributed by atoms with Gasteiger partial charge in [-0.1, -0.05) is 6.07 Å². The van der Waals surface area contributed by atoms with Crippen molar-refractivity contribution in [3.05, 3.63) is 28.8 Å². The van der Waals surface area contributed by atoms with Crippen LogP contribution in [-0.4, -0.2) is 30.0 Å². The lowest BCUT2D eigenvalue weighted by molar-refractivity contribution is 0.255. The molecular weight excluding hydrogens is 228 g/mol. The molecule has 3 heteroatoms. The third kappa shape index (κ3) is 2.22. The number of aryl methyl sites for hydroxylation is 1. The van der Waals surface area contributed by atoms with Gasteiger partial charge in [-0.15, -0.1) is 11.3 Å². The van der Waals surface area contributed by atoms with E-state index in [2.05, 4.69) is 37.1 Å². The van der Waals surface area contributed by atoms with Crippen molar-refractivity contribution >= 4 is 21.6 Å². The predicted molar refractivity (Wildman–Crippen MR) is 73.8 cm³/mol. The van der Waals surface area contributed by atoms with E-state index in [-0.39, 0.29) is 0 Å². The highest BCUT2D eigenvalue weighted by atomic mass is 32.1. The zero-order chi connectivity index (χ0) is 11.8. The Balaban J connectivity index is 1.90. The number of thiazole rings is 1. The number of likely N-dealkylation sites (tertiary alicyclic amines) is 1. The van der Waals surface area contributed by atoms with E-state index in [0.717, 1.165) is 0 Å². The van der Waals surface area contributed by atoms with Crippen LogP contribution in [0.15, 0.2) is 18.2 Å². The molecule has 0 N–H and O–H groups in total. The van der Waals surface area contributed by atoms with E-state index in [1.165, 1.54) is 46.7 Å². The molecule has 1 aromatic heterocycles. The van der Waals surface area contributed by atoms with Crippen LogP contribution in [0.2, 0.25) is 0 Å². The quantitative estimate of drug-likeness (QED) is 0.766. The maximum Gasteiger partial charge on any atom is 0.0970 e. The Morgan fingerprint density at radius 3 is 2.82 bits per heavy atom. The van der Waals surface area contributed by atoms with Crippen LogP contribution in [0.1, 0.15) is 29.3 Å². The molecule has 1 aliphatic heterocycles. The van der Waals surface area contributed by atoms with Gasteiger partial charge in [0.05, 0.1) is 15.2 Å². The van der Waals surface area contributed by atoms with E-state index in [1.54, 1.807) is 0 Å². The summed E-state index contributed by atoms with van der Waals surface area (Å²) in [4.78, 5) is 7.21. The summed E-state index contributed by atoms with van der Waals surface area (Å²) in [5.41, 5.74) is 2.51. The lowest BCUT2D eigenvalue weighted by Crippen LogP contribution is -2.29. The van der Waals surface area contributed by atoms with Gasteiger partial charge < -0.3 is 4.90 Å². The maximum atomic E-state index is 4.80. The highest BCUT2D eigenvalue weighted by Gasteiger charge is 2.21. The first kappa shape index (κ1) is 11.2. The molecule has 0 amide bonds. The number of hydrogen-bond acceptors (Lipinski definition) is 3. The SMILES string of the molecule is Cc1ccc2nc(C3CCN(C)CC3)sc2c1. The molecule has 1 saturated heterocycles. The molecule has 0 spiro atoms. The number of nitrogens with zero attached hydrogens (tertiary/aromatic N) is 2. The molecule has 0 unspecified atom stereocenters. The molecule has 0 bridgehead atoms. The summed E-state index contributed by atoms with van der Waals surface area (Å²) in [6.45, 7) is 4.56. The molecule has 1 fully saturated rings. The molecule has 2 heterocycles. The Hall–Kier alpha value is -0.930. The van der Waals surface area contributed by atoms with Gasteiger partial charge in [-0.3, -0.25) is 0 Å². The van der Waals surface area contributed by atoms with Gasteiger partial charge in [0, 0.05) is 5.92 Å². The Bertz CT molecular complexity index is 524. The molecular formula is C14H18N2S. The van der Waals surface area contributed by atoms with Gasteiger partial charge in [0.15, 0.2) is 0 Å². The number of aromatic nitrogens is 1. The van der Waals surface area contributed by atoms with Crippen LogP contribution in [0.5, 0.6) is 0 Å². The Morgan fingerprint density at radius 1 is 1.29 bits per heavy atom. The third-order valence-corrected chi connectivity index (χ3v) is 4.81. The van der Waals surface area contributed by atoms with Crippen molar-refractivity contribution in [1.29, 1.82) is 0 Å². The van der Waals surface area contributed by atoms with Crippen LogP contribution in [-0.2, 0) is 0 Å². The summed E-state index contributed by atoms with van der Waals surface area (Å²) in [5, 5.41) is 1.35. The summed E-state index contributed by atoms with van der Waals surface area (Å²) < 4.78 is 1.35. The van der Waals surface area contributed by atoms with Gasteiger partial charge in [0.2, 0.25) is 0 Å². The topological polar surface area (TPSA) is 16.1 Å². The first-order valence-corrected chi connectivity index (χ1v) is 7.09. The monoisotopic (exact) mass is 246 g/mol. The summed E-state index contributed by atoms with van der Waals surface area (Å²) in [5.74, 6) is 0.684. The lowest BCUT2D eigenvalue weighted by atomic mass is 9.98. The van der Waals surface area contributed by atoms with Crippen LogP contribution in [0.4, 0.5) is 0 Å². The minimum absolute atomic E-state index is 0.684. The number of benzene rings is 1. The maximum absolute atomic E-state index is 4.80. The van der Waals surface area contributed by atoms with E-state index in [1.807, 2.05) is 11.3 Å². The number of rotatable bonds is 1. The molecule has 0 aliphatic carbocycles. The first-order valence-electron chi connectivity index (χ1n) is 6.28. The number of piperidine rings is 1. The minimum atomic E-state index is 0.684. The van der Waals surface area contributed by atoms with Gasteiger partial charge in [0.25, 0.3) is 0 Å². The molecule has 2 nitrogen and oxygen atoms in total. The second-order valence-corrected chi connectivity index (χ2v) is 6.16. The van der Waals surface area contributed by atoms with Crippen LogP contribution in [0.3, 0.4) is 0 Å². The van der Waals surface area contributed by atoms with Crippen molar-refractivity contribution in [2.75, 3.05) is 20.1 Å². The molecule has 1 aromatic carbocycles. The average Bonchev–Trinajstić information content (AvgIpc) is 2.72.